The number of nitrogens with one attached hydrogen (secondary N) is 1. The van der Waals surface area contributed by atoms with Gasteiger partial charge in [0.25, 0.3) is 5.91 Å². The number of ether oxygens (including phenoxy) is 1. The average Bonchev–Trinajstić information content (AvgIpc) is 2.53. The maximum absolute atomic E-state index is 12.0. The van der Waals surface area contributed by atoms with Crippen molar-refractivity contribution >= 4 is 5.91 Å². The van der Waals surface area contributed by atoms with Gasteiger partial charge in [0.2, 0.25) is 0 Å². The third-order valence-corrected chi connectivity index (χ3v) is 3.09. The van der Waals surface area contributed by atoms with Gasteiger partial charge in [-0.15, -0.1) is 0 Å². The first kappa shape index (κ1) is 16.0. The number of hydrogen-bond acceptors (Lipinski definition) is 3. The average molecular weight is 298 g/mol. The van der Waals surface area contributed by atoms with Gasteiger partial charge in [-0.3, -0.25) is 9.78 Å². The topological polar surface area (TPSA) is 51.2 Å². The Morgan fingerprint density at radius 2 is 2.05 bits per heavy atom. The summed E-state index contributed by atoms with van der Waals surface area (Å²) in [6.45, 7) is 7.36. The van der Waals surface area contributed by atoms with Crippen LogP contribution in [0.25, 0.3) is 11.3 Å². The minimum atomic E-state index is -0.0910. The van der Waals surface area contributed by atoms with Crippen molar-refractivity contribution in [1.29, 1.82) is 0 Å². The number of amides is 1. The molecule has 0 fully saturated rings. The molecular weight excluding hydrogens is 276 g/mol. The maximum Gasteiger partial charge on any atom is 0.251 e. The fourth-order valence-corrected chi connectivity index (χ4v) is 2.04. The molecule has 1 heterocycles. The minimum Gasteiger partial charge on any atom is -0.493 e. The molecule has 0 unspecified atom stereocenters. The predicted molar refractivity (Wildman–Crippen MR) is 88.0 cm³/mol. The van der Waals surface area contributed by atoms with Gasteiger partial charge in [0, 0.05) is 23.9 Å². The summed E-state index contributed by atoms with van der Waals surface area (Å²) in [5.74, 6) is 1.14. The van der Waals surface area contributed by atoms with Crippen molar-refractivity contribution in [3.8, 4) is 17.0 Å². The van der Waals surface area contributed by atoms with E-state index in [9.17, 15) is 4.79 Å². The first-order valence-electron chi connectivity index (χ1n) is 7.58. The van der Waals surface area contributed by atoms with E-state index >= 15 is 0 Å². The molecule has 0 saturated heterocycles. The van der Waals surface area contributed by atoms with Gasteiger partial charge in [0.1, 0.15) is 5.75 Å². The molecule has 0 atom stereocenters. The lowest BCUT2D eigenvalue weighted by Gasteiger charge is -2.13. The van der Waals surface area contributed by atoms with E-state index in [-0.39, 0.29) is 5.91 Å². The van der Waals surface area contributed by atoms with Gasteiger partial charge in [0.05, 0.1) is 12.3 Å². The van der Waals surface area contributed by atoms with Crippen LogP contribution < -0.4 is 10.1 Å². The number of carbonyl (C=O) groups excluding carboxylic acids is 1. The molecule has 2 rings (SSSR count). The number of hydrogen-bond donors (Lipinski definition) is 1. The van der Waals surface area contributed by atoms with E-state index in [0.29, 0.717) is 24.6 Å². The molecule has 0 radical (unpaired) electrons. The number of benzene rings is 1. The van der Waals surface area contributed by atoms with Gasteiger partial charge >= 0.3 is 0 Å². The summed E-state index contributed by atoms with van der Waals surface area (Å²) in [7, 11) is 0. The quantitative estimate of drug-likeness (QED) is 0.887. The van der Waals surface area contributed by atoms with Crippen LogP contribution in [0, 0.1) is 5.92 Å². The van der Waals surface area contributed by atoms with E-state index < -0.39 is 0 Å². The van der Waals surface area contributed by atoms with E-state index in [0.717, 1.165) is 17.0 Å². The van der Waals surface area contributed by atoms with E-state index in [4.69, 9.17) is 4.74 Å². The third kappa shape index (κ3) is 4.07. The van der Waals surface area contributed by atoms with Gasteiger partial charge in [-0.05, 0) is 37.1 Å². The number of nitrogens with zero attached hydrogens (tertiary/aromatic N) is 1. The van der Waals surface area contributed by atoms with Crippen LogP contribution in [0.1, 0.15) is 31.1 Å². The molecule has 4 nitrogen and oxygen atoms in total. The van der Waals surface area contributed by atoms with Crippen molar-refractivity contribution in [3.63, 3.8) is 0 Å². The standard InChI is InChI=1S/C18H22N2O2/c1-4-19-18(21)14-9-10-20-16(11-14)15-7-5-6-8-17(15)22-12-13(2)3/h5-11,13H,4,12H2,1-3H3,(H,19,21). The van der Waals surface area contributed by atoms with Crippen LogP contribution in [0.15, 0.2) is 42.6 Å². The Bertz CT molecular complexity index is 638. The molecule has 116 valence electrons. The molecule has 0 spiro atoms. The smallest absolute Gasteiger partial charge is 0.251 e. The Morgan fingerprint density at radius 1 is 1.27 bits per heavy atom. The first-order valence-corrected chi connectivity index (χ1v) is 7.58. The second-order valence-corrected chi connectivity index (χ2v) is 5.49. The Labute approximate surface area is 131 Å². The molecule has 0 bridgehead atoms. The number of para-hydroxylation sites is 1. The summed E-state index contributed by atoms with van der Waals surface area (Å²) < 4.78 is 5.86. The van der Waals surface area contributed by atoms with Crippen LogP contribution in [0.3, 0.4) is 0 Å². The molecule has 1 N–H and O–H groups in total. The molecular formula is C18H22N2O2. The van der Waals surface area contributed by atoms with Crippen molar-refractivity contribution in [2.75, 3.05) is 13.2 Å². The largest absolute Gasteiger partial charge is 0.493 e. The Balaban J connectivity index is 2.31. The van der Waals surface area contributed by atoms with E-state index in [1.807, 2.05) is 31.2 Å². The molecule has 1 amide bonds. The van der Waals surface area contributed by atoms with Crippen LogP contribution in [0.4, 0.5) is 0 Å². The first-order chi connectivity index (χ1) is 10.6. The van der Waals surface area contributed by atoms with Gasteiger partial charge in [0.15, 0.2) is 0 Å². The van der Waals surface area contributed by atoms with E-state index in [1.54, 1.807) is 18.3 Å². The highest BCUT2D eigenvalue weighted by atomic mass is 16.5. The van der Waals surface area contributed by atoms with Crippen LogP contribution in [0.5, 0.6) is 5.75 Å². The van der Waals surface area contributed by atoms with E-state index in [1.165, 1.54) is 0 Å². The molecule has 1 aromatic carbocycles. The lowest BCUT2D eigenvalue weighted by atomic mass is 10.1. The summed E-state index contributed by atoms with van der Waals surface area (Å²) in [5, 5.41) is 2.80. The zero-order chi connectivity index (χ0) is 15.9. The minimum absolute atomic E-state index is 0.0910. The predicted octanol–water partition coefficient (Wildman–Crippen LogP) is 3.53. The van der Waals surface area contributed by atoms with Crippen molar-refractivity contribution in [2.45, 2.75) is 20.8 Å². The second-order valence-electron chi connectivity index (χ2n) is 5.49. The normalized spacial score (nSPS) is 10.5. The van der Waals surface area contributed by atoms with Gasteiger partial charge in [-0.2, -0.15) is 0 Å². The molecule has 0 aliphatic carbocycles. The fourth-order valence-electron chi connectivity index (χ4n) is 2.04. The molecule has 22 heavy (non-hydrogen) atoms. The van der Waals surface area contributed by atoms with E-state index in [2.05, 4.69) is 24.1 Å². The highest BCUT2D eigenvalue weighted by molar-refractivity contribution is 5.95. The molecule has 4 heteroatoms. The molecule has 1 aromatic heterocycles. The summed E-state index contributed by atoms with van der Waals surface area (Å²) in [4.78, 5) is 16.3. The molecule has 0 aliphatic heterocycles. The van der Waals surface area contributed by atoms with Gasteiger partial charge < -0.3 is 10.1 Å². The highest BCUT2D eigenvalue weighted by Gasteiger charge is 2.11. The Hall–Kier alpha value is -2.36. The number of aromatic nitrogens is 1. The highest BCUT2D eigenvalue weighted by Crippen LogP contribution is 2.29. The monoisotopic (exact) mass is 298 g/mol. The summed E-state index contributed by atoms with van der Waals surface area (Å²) in [6, 6.07) is 11.3. The number of rotatable bonds is 6. The van der Waals surface area contributed by atoms with Gasteiger partial charge in [-0.25, -0.2) is 0 Å². The third-order valence-electron chi connectivity index (χ3n) is 3.09. The Kier molecular flexibility index (Phi) is 5.53. The van der Waals surface area contributed by atoms with Crippen LogP contribution in [0.2, 0.25) is 0 Å². The fraction of sp³-hybridized carbons (Fsp3) is 0.333. The lowest BCUT2D eigenvalue weighted by molar-refractivity contribution is 0.0955. The maximum atomic E-state index is 12.0. The molecule has 0 saturated carbocycles. The summed E-state index contributed by atoms with van der Waals surface area (Å²) >= 11 is 0. The molecule has 0 aliphatic rings. The number of carbonyl (C=O) groups is 1. The van der Waals surface area contributed by atoms with Crippen molar-refractivity contribution < 1.29 is 9.53 Å². The zero-order valence-corrected chi connectivity index (χ0v) is 13.3. The SMILES string of the molecule is CCNC(=O)c1ccnc(-c2ccccc2OCC(C)C)c1. The van der Waals surface area contributed by atoms with Crippen LogP contribution >= 0.6 is 0 Å². The molecule has 2 aromatic rings. The van der Waals surface area contributed by atoms with Crippen LogP contribution in [-0.2, 0) is 0 Å². The Morgan fingerprint density at radius 3 is 2.77 bits per heavy atom. The summed E-state index contributed by atoms with van der Waals surface area (Å²) in [6.07, 6.45) is 1.65. The van der Waals surface area contributed by atoms with Crippen molar-refractivity contribution in [2.24, 2.45) is 5.92 Å². The van der Waals surface area contributed by atoms with Gasteiger partial charge in [-0.1, -0.05) is 26.0 Å². The lowest BCUT2D eigenvalue weighted by Crippen LogP contribution is -2.22. The summed E-state index contributed by atoms with van der Waals surface area (Å²) in [5.41, 5.74) is 2.24. The second kappa shape index (κ2) is 7.59. The zero-order valence-electron chi connectivity index (χ0n) is 13.3. The van der Waals surface area contributed by atoms with Crippen molar-refractivity contribution in [1.82, 2.24) is 10.3 Å². The number of pyridine rings is 1. The van der Waals surface area contributed by atoms with Crippen molar-refractivity contribution in [3.05, 3.63) is 48.2 Å². The van der Waals surface area contributed by atoms with Crippen LogP contribution in [-0.4, -0.2) is 24.0 Å².